The summed E-state index contributed by atoms with van der Waals surface area (Å²) in [6, 6.07) is 33.9. The maximum absolute atomic E-state index is 11.6. The van der Waals surface area contributed by atoms with E-state index in [1.54, 1.807) is 29.1 Å². The Labute approximate surface area is 227 Å². The van der Waals surface area contributed by atoms with E-state index >= 15 is 0 Å². The molecule has 0 aliphatic rings. The second kappa shape index (κ2) is 10.6. The number of para-hydroxylation sites is 4. The molecule has 0 amide bonds. The highest BCUT2D eigenvalue weighted by molar-refractivity contribution is 7.07. The van der Waals surface area contributed by atoms with Crippen molar-refractivity contribution in [1.82, 2.24) is 4.68 Å². The van der Waals surface area contributed by atoms with Crippen LogP contribution >= 0.6 is 11.3 Å². The van der Waals surface area contributed by atoms with E-state index in [0.29, 0.717) is 16.3 Å². The third kappa shape index (κ3) is 5.25. The van der Waals surface area contributed by atoms with E-state index in [-0.39, 0.29) is 11.4 Å². The number of benzene rings is 4. The average molecular weight is 532 g/mol. The van der Waals surface area contributed by atoms with Gasteiger partial charge in [0.1, 0.15) is 17.0 Å². The lowest BCUT2D eigenvalue weighted by Gasteiger charge is -2.06. The number of nitro groups is 1. The standard InChI is InChI=1S/C30H21N5O3S/c36-35(37)26-12-6-5-11-25(26)33-30-34(27(20-39-30)29-18-22-8-4-7-13-28(22)38-29)31-19-21-14-16-24(17-15-21)32-23-9-2-1-3-10-23/h1-20,32H. The topological polar surface area (TPSA) is 98.0 Å². The zero-order valence-corrected chi connectivity index (χ0v) is 21.3. The SMILES string of the molecule is O=[N+]([O-])c1ccccc1N=c1scc(-c2cc3ccccc3o2)n1N=Cc1ccc(Nc2ccccc2)cc1. The van der Waals surface area contributed by atoms with Gasteiger partial charge in [0.25, 0.3) is 5.69 Å². The molecule has 6 aromatic rings. The highest BCUT2D eigenvalue weighted by Gasteiger charge is 2.15. The van der Waals surface area contributed by atoms with Crippen molar-refractivity contribution in [3.8, 4) is 11.5 Å². The van der Waals surface area contributed by atoms with Crippen LogP contribution in [0, 0.1) is 10.1 Å². The van der Waals surface area contributed by atoms with Crippen molar-refractivity contribution in [2.75, 3.05) is 5.32 Å². The zero-order valence-electron chi connectivity index (χ0n) is 20.5. The maximum Gasteiger partial charge on any atom is 0.294 e. The van der Waals surface area contributed by atoms with E-state index < -0.39 is 4.92 Å². The minimum Gasteiger partial charge on any atom is -0.454 e. The van der Waals surface area contributed by atoms with Crippen LogP contribution in [0.3, 0.4) is 0 Å². The van der Waals surface area contributed by atoms with Crippen LogP contribution in [0.5, 0.6) is 0 Å². The molecule has 0 unspecified atom stereocenters. The molecule has 9 heteroatoms. The average Bonchev–Trinajstić information content (AvgIpc) is 3.57. The summed E-state index contributed by atoms with van der Waals surface area (Å²) in [7, 11) is 0. The predicted molar refractivity (Wildman–Crippen MR) is 155 cm³/mol. The van der Waals surface area contributed by atoms with E-state index in [4.69, 9.17) is 9.52 Å². The van der Waals surface area contributed by atoms with Gasteiger partial charge in [-0.2, -0.15) is 5.10 Å². The van der Waals surface area contributed by atoms with Gasteiger partial charge >= 0.3 is 0 Å². The van der Waals surface area contributed by atoms with E-state index in [1.807, 2.05) is 90.3 Å². The molecule has 2 heterocycles. The van der Waals surface area contributed by atoms with Gasteiger partial charge in [0.15, 0.2) is 5.76 Å². The molecule has 8 nitrogen and oxygen atoms in total. The van der Waals surface area contributed by atoms with Gasteiger partial charge < -0.3 is 9.73 Å². The molecule has 190 valence electrons. The van der Waals surface area contributed by atoms with Crippen molar-refractivity contribution in [1.29, 1.82) is 0 Å². The fourth-order valence-corrected chi connectivity index (χ4v) is 4.88. The van der Waals surface area contributed by atoms with Crippen molar-refractivity contribution in [3.63, 3.8) is 0 Å². The number of nitrogens with zero attached hydrogens (tertiary/aromatic N) is 4. The van der Waals surface area contributed by atoms with Crippen LogP contribution in [-0.4, -0.2) is 15.8 Å². The molecule has 0 aliphatic carbocycles. The number of fused-ring (bicyclic) bond motifs is 1. The normalized spacial score (nSPS) is 11.8. The second-order valence-electron chi connectivity index (χ2n) is 8.58. The third-order valence-corrected chi connectivity index (χ3v) is 6.77. The van der Waals surface area contributed by atoms with Gasteiger partial charge in [-0.25, -0.2) is 9.67 Å². The Morgan fingerprint density at radius 2 is 1.59 bits per heavy atom. The Bertz CT molecular complexity index is 1840. The molecule has 0 aliphatic heterocycles. The number of furan rings is 1. The molecule has 0 spiro atoms. The first kappa shape index (κ1) is 24.1. The summed E-state index contributed by atoms with van der Waals surface area (Å²) in [5.41, 5.74) is 4.45. The van der Waals surface area contributed by atoms with Crippen LogP contribution in [0.1, 0.15) is 5.56 Å². The molecule has 2 aromatic heterocycles. The van der Waals surface area contributed by atoms with Crippen LogP contribution < -0.4 is 10.1 Å². The zero-order chi connectivity index (χ0) is 26.6. The summed E-state index contributed by atoms with van der Waals surface area (Å²) in [6.07, 6.45) is 1.73. The summed E-state index contributed by atoms with van der Waals surface area (Å²) in [4.78, 5) is 16.2. The molecule has 0 fully saturated rings. The van der Waals surface area contributed by atoms with E-state index in [9.17, 15) is 10.1 Å². The lowest BCUT2D eigenvalue weighted by atomic mass is 10.2. The maximum atomic E-state index is 11.6. The lowest BCUT2D eigenvalue weighted by Crippen LogP contribution is -2.11. The van der Waals surface area contributed by atoms with Gasteiger partial charge in [-0.1, -0.05) is 60.7 Å². The molecule has 0 bridgehead atoms. The number of aromatic nitrogens is 1. The van der Waals surface area contributed by atoms with Gasteiger partial charge in [-0.15, -0.1) is 11.3 Å². The molecule has 0 radical (unpaired) electrons. The summed E-state index contributed by atoms with van der Waals surface area (Å²) < 4.78 is 7.75. The number of hydrogen-bond acceptors (Lipinski definition) is 7. The Hall–Kier alpha value is -5.28. The Morgan fingerprint density at radius 1 is 0.872 bits per heavy atom. The van der Waals surface area contributed by atoms with Gasteiger partial charge in [-0.05, 0) is 48.0 Å². The van der Waals surface area contributed by atoms with Crippen LogP contribution in [0.2, 0.25) is 0 Å². The van der Waals surface area contributed by atoms with Gasteiger partial charge in [0, 0.05) is 28.2 Å². The minimum atomic E-state index is -0.439. The van der Waals surface area contributed by atoms with E-state index in [2.05, 4.69) is 10.3 Å². The summed E-state index contributed by atoms with van der Waals surface area (Å²) in [6.45, 7) is 0. The Kier molecular flexibility index (Phi) is 6.55. The Balaban J connectivity index is 1.40. The van der Waals surface area contributed by atoms with Crippen LogP contribution in [0.25, 0.3) is 22.4 Å². The molecular weight excluding hydrogens is 510 g/mol. The van der Waals surface area contributed by atoms with Crippen molar-refractivity contribution < 1.29 is 9.34 Å². The quantitative estimate of drug-likeness (QED) is 0.129. The largest absolute Gasteiger partial charge is 0.454 e. The fourth-order valence-electron chi connectivity index (χ4n) is 4.05. The number of rotatable bonds is 7. The molecule has 1 N–H and O–H groups in total. The number of nitrogens with one attached hydrogen (secondary N) is 1. The van der Waals surface area contributed by atoms with Gasteiger partial charge in [0.05, 0.1) is 11.1 Å². The molecular formula is C30H21N5O3S. The van der Waals surface area contributed by atoms with Crippen molar-refractivity contribution in [2.45, 2.75) is 0 Å². The van der Waals surface area contributed by atoms with Gasteiger partial charge in [-0.3, -0.25) is 10.1 Å². The van der Waals surface area contributed by atoms with Gasteiger partial charge in [0.2, 0.25) is 4.80 Å². The molecule has 6 rings (SSSR count). The highest BCUT2D eigenvalue weighted by atomic mass is 32.1. The summed E-state index contributed by atoms with van der Waals surface area (Å²) in [5.74, 6) is 0.621. The predicted octanol–water partition coefficient (Wildman–Crippen LogP) is 7.73. The lowest BCUT2D eigenvalue weighted by molar-refractivity contribution is -0.384. The fraction of sp³-hybridized carbons (Fsp3) is 0. The first-order valence-corrected chi connectivity index (χ1v) is 13.0. The second-order valence-corrected chi connectivity index (χ2v) is 9.42. The summed E-state index contributed by atoms with van der Waals surface area (Å²) >= 11 is 1.32. The monoisotopic (exact) mass is 531 g/mol. The molecule has 0 atom stereocenters. The number of hydrogen-bond donors (Lipinski definition) is 1. The number of thiazole rings is 1. The number of anilines is 2. The Morgan fingerprint density at radius 3 is 2.38 bits per heavy atom. The first-order valence-electron chi connectivity index (χ1n) is 12.1. The molecule has 4 aromatic carbocycles. The van der Waals surface area contributed by atoms with Crippen LogP contribution in [0.4, 0.5) is 22.7 Å². The van der Waals surface area contributed by atoms with Crippen molar-refractivity contribution in [2.24, 2.45) is 10.1 Å². The smallest absolute Gasteiger partial charge is 0.294 e. The van der Waals surface area contributed by atoms with Crippen molar-refractivity contribution in [3.05, 3.63) is 135 Å². The van der Waals surface area contributed by atoms with E-state index in [1.165, 1.54) is 17.4 Å². The van der Waals surface area contributed by atoms with Crippen LogP contribution in [-0.2, 0) is 0 Å². The first-order chi connectivity index (χ1) is 19.1. The summed E-state index contributed by atoms with van der Waals surface area (Å²) in [5, 5.41) is 22.5. The molecule has 0 saturated carbocycles. The van der Waals surface area contributed by atoms with Crippen LogP contribution in [0.15, 0.2) is 129 Å². The van der Waals surface area contributed by atoms with Crippen molar-refractivity contribution >= 4 is 51.3 Å². The number of nitro benzene ring substituents is 1. The van der Waals surface area contributed by atoms with E-state index in [0.717, 1.165) is 27.9 Å². The molecule has 0 saturated heterocycles. The molecule has 39 heavy (non-hydrogen) atoms. The third-order valence-electron chi connectivity index (χ3n) is 5.95. The highest BCUT2D eigenvalue weighted by Crippen LogP contribution is 2.30. The minimum absolute atomic E-state index is 0.0757.